The van der Waals surface area contributed by atoms with Crippen molar-refractivity contribution in [2.24, 2.45) is 5.73 Å². The zero-order valence-electron chi connectivity index (χ0n) is 25.6. The van der Waals surface area contributed by atoms with Crippen LogP contribution < -0.4 is 25.8 Å². The SMILES string of the molecule is CC[C@@H](Oc1nc(Oc2cccc(-c3ccccc3)c2NC(=O)c2cccc(NC(=O)c3cccc(CN)c3)c2)c(F)cc1F)C(=O)O. The van der Waals surface area contributed by atoms with Crippen molar-refractivity contribution in [1.29, 1.82) is 0 Å². The number of pyridine rings is 1. The van der Waals surface area contributed by atoms with Gasteiger partial charge in [-0.15, -0.1) is 0 Å². The lowest BCUT2D eigenvalue weighted by Gasteiger charge is -2.18. The largest absolute Gasteiger partial charge is 0.479 e. The second-order valence-corrected chi connectivity index (χ2v) is 10.5. The molecule has 4 aromatic carbocycles. The number of para-hydroxylation sites is 1. The average molecular weight is 653 g/mol. The molecule has 10 nitrogen and oxygen atoms in total. The highest BCUT2D eigenvalue weighted by molar-refractivity contribution is 6.09. The molecule has 1 aromatic heterocycles. The number of aliphatic carboxylic acids is 1. The summed E-state index contributed by atoms with van der Waals surface area (Å²) in [6.45, 7) is 1.79. The lowest BCUT2D eigenvalue weighted by Crippen LogP contribution is -2.26. The number of carboxylic acid groups (broad SMARTS) is 1. The predicted octanol–water partition coefficient (Wildman–Crippen LogP) is 7.02. The van der Waals surface area contributed by atoms with E-state index >= 15 is 0 Å². The molecule has 5 aromatic rings. The lowest BCUT2D eigenvalue weighted by molar-refractivity contribution is -0.145. The number of nitrogens with zero attached hydrogens (tertiary/aromatic N) is 1. The van der Waals surface area contributed by atoms with Crippen LogP contribution in [-0.2, 0) is 11.3 Å². The molecule has 0 aliphatic rings. The van der Waals surface area contributed by atoms with Crippen LogP contribution in [0, 0.1) is 11.6 Å². The van der Waals surface area contributed by atoms with Gasteiger partial charge in [0.2, 0.25) is 0 Å². The van der Waals surface area contributed by atoms with Crippen molar-refractivity contribution in [3.63, 3.8) is 0 Å². The number of ether oxygens (including phenoxy) is 2. The summed E-state index contributed by atoms with van der Waals surface area (Å²) in [5.41, 5.74) is 8.73. The number of carboxylic acids is 1. The van der Waals surface area contributed by atoms with Crippen molar-refractivity contribution in [1.82, 2.24) is 4.98 Å². The Hall–Kier alpha value is -6.14. The van der Waals surface area contributed by atoms with Gasteiger partial charge in [0.1, 0.15) is 0 Å². The number of amides is 2. The Morgan fingerprint density at radius 1 is 0.812 bits per heavy atom. The number of hydrogen-bond acceptors (Lipinski definition) is 7. The van der Waals surface area contributed by atoms with Gasteiger partial charge in [-0.05, 0) is 53.9 Å². The Morgan fingerprint density at radius 3 is 2.19 bits per heavy atom. The van der Waals surface area contributed by atoms with Crippen LogP contribution in [0.2, 0.25) is 0 Å². The van der Waals surface area contributed by atoms with Crippen LogP contribution in [0.4, 0.5) is 20.2 Å². The fourth-order valence-corrected chi connectivity index (χ4v) is 4.71. The number of carbonyl (C=O) groups is 3. The first kappa shape index (κ1) is 33.2. The van der Waals surface area contributed by atoms with E-state index in [1.165, 1.54) is 19.1 Å². The van der Waals surface area contributed by atoms with E-state index in [4.69, 9.17) is 15.2 Å². The van der Waals surface area contributed by atoms with Crippen LogP contribution >= 0.6 is 0 Å². The molecule has 5 rings (SSSR count). The molecule has 0 spiro atoms. The quantitative estimate of drug-likeness (QED) is 0.112. The van der Waals surface area contributed by atoms with E-state index < -0.39 is 47.3 Å². The third-order valence-corrected chi connectivity index (χ3v) is 7.13. The molecule has 0 aliphatic carbocycles. The van der Waals surface area contributed by atoms with Crippen molar-refractivity contribution in [2.45, 2.75) is 26.0 Å². The number of anilines is 2. The molecule has 0 radical (unpaired) electrons. The van der Waals surface area contributed by atoms with E-state index in [2.05, 4.69) is 15.6 Å². The van der Waals surface area contributed by atoms with Gasteiger partial charge in [0, 0.05) is 35.0 Å². The number of hydrogen-bond donors (Lipinski definition) is 4. The summed E-state index contributed by atoms with van der Waals surface area (Å²) in [5, 5.41) is 14.9. The van der Waals surface area contributed by atoms with Crippen molar-refractivity contribution >= 4 is 29.2 Å². The van der Waals surface area contributed by atoms with Crippen molar-refractivity contribution < 1.29 is 37.7 Å². The zero-order chi connectivity index (χ0) is 34.2. The minimum absolute atomic E-state index is 0.00826. The van der Waals surface area contributed by atoms with Crippen LogP contribution in [-0.4, -0.2) is 34.0 Å². The van der Waals surface area contributed by atoms with Gasteiger partial charge in [0.05, 0.1) is 5.69 Å². The summed E-state index contributed by atoms with van der Waals surface area (Å²) >= 11 is 0. The number of nitrogens with one attached hydrogen (secondary N) is 2. The molecular weight excluding hydrogens is 622 g/mol. The van der Waals surface area contributed by atoms with Crippen LogP contribution in [0.25, 0.3) is 11.1 Å². The maximum atomic E-state index is 15.0. The maximum absolute atomic E-state index is 15.0. The maximum Gasteiger partial charge on any atom is 0.344 e. The number of benzene rings is 4. The molecular formula is C36H30F2N4O6. The summed E-state index contributed by atoms with van der Waals surface area (Å²) in [6, 6.07) is 27.4. The van der Waals surface area contributed by atoms with E-state index in [1.54, 1.807) is 78.9 Å². The molecule has 2 amide bonds. The van der Waals surface area contributed by atoms with Gasteiger partial charge >= 0.3 is 5.97 Å². The molecule has 0 unspecified atom stereocenters. The lowest BCUT2D eigenvalue weighted by atomic mass is 10.0. The van der Waals surface area contributed by atoms with Crippen molar-refractivity contribution in [3.8, 4) is 28.6 Å². The normalized spacial score (nSPS) is 11.3. The Balaban J connectivity index is 1.47. The summed E-state index contributed by atoms with van der Waals surface area (Å²) in [4.78, 5) is 41.8. The standard InChI is InChI=1S/C36H30F2N4O6/c1-2-29(36(45)46)47-34-27(37)19-28(38)35(42-34)48-30-16-8-15-26(22-10-4-3-5-11-22)31(30)41-33(44)24-13-7-14-25(18-24)40-32(43)23-12-6-9-21(17-23)20-39/h3-19,29H,2,20,39H2,1H3,(H,40,43)(H,41,44)(H,45,46)/t29-/m1/s1. The third-order valence-electron chi connectivity index (χ3n) is 7.13. The van der Waals surface area contributed by atoms with Crippen LogP contribution in [0.3, 0.4) is 0 Å². The molecule has 0 aliphatic heterocycles. The molecule has 5 N–H and O–H groups in total. The summed E-state index contributed by atoms with van der Waals surface area (Å²) in [5.74, 6) is -6.27. The van der Waals surface area contributed by atoms with Crippen molar-refractivity contribution in [3.05, 3.63) is 131 Å². The number of aromatic nitrogens is 1. The molecule has 0 bridgehead atoms. The molecule has 1 atom stereocenters. The summed E-state index contributed by atoms with van der Waals surface area (Å²) in [7, 11) is 0. The Morgan fingerprint density at radius 2 is 1.48 bits per heavy atom. The smallest absolute Gasteiger partial charge is 0.344 e. The minimum atomic E-state index is -1.43. The molecule has 0 saturated heterocycles. The highest BCUT2D eigenvalue weighted by atomic mass is 19.1. The molecule has 48 heavy (non-hydrogen) atoms. The monoisotopic (exact) mass is 652 g/mol. The first-order valence-corrected chi connectivity index (χ1v) is 14.8. The Kier molecular flexibility index (Phi) is 10.4. The second kappa shape index (κ2) is 15.0. The van der Waals surface area contributed by atoms with Gasteiger partial charge in [-0.3, -0.25) is 9.59 Å². The summed E-state index contributed by atoms with van der Waals surface area (Å²) in [6.07, 6.45) is -1.44. The fourth-order valence-electron chi connectivity index (χ4n) is 4.71. The Bertz CT molecular complexity index is 1970. The topological polar surface area (TPSA) is 153 Å². The first-order chi connectivity index (χ1) is 23.2. The number of halogens is 2. The molecule has 1 heterocycles. The molecule has 0 fully saturated rings. The molecule has 12 heteroatoms. The molecule has 0 saturated carbocycles. The number of nitrogens with two attached hydrogens (primary N) is 1. The number of rotatable bonds is 12. The van der Waals surface area contributed by atoms with Gasteiger partial charge in [0.15, 0.2) is 23.5 Å². The number of carbonyl (C=O) groups excluding carboxylic acids is 2. The van der Waals surface area contributed by atoms with Gasteiger partial charge in [-0.25, -0.2) is 13.6 Å². The highest BCUT2D eigenvalue weighted by Gasteiger charge is 2.24. The van der Waals surface area contributed by atoms with Crippen molar-refractivity contribution in [2.75, 3.05) is 10.6 Å². The average Bonchev–Trinajstić information content (AvgIpc) is 3.09. The predicted molar refractivity (Wildman–Crippen MR) is 175 cm³/mol. The van der Waals surface area contributed by atoms with Gasteiger partial charge in [-0.1, -0.05) is 67.6 Å². The second-order valence-electron chi connectivity index (χ2n) is 10.5. The minimum Gasteiger partial charge on any atom is -0.479 e. The zero-order valence-corrected chi connectivity index (χ0v) is 25.6. The van der Waals surface area contributed by atoms with E-state index in [0.717, 1.165) is 5.56 Å². The van der Waals surface area contributed by atoms with E-state index in [0.29, 0.717) is 28.4 Å². The first-order valence-electron chi connectivity index (χ1n) is 14.8. The van der Waals surface area contributed by atoms with E-state index in [9.17, 15) is 28.3 Å². The van der Waals surface area contributed by atoms with E-state index in [-0.39, 0.29) is 30.0 Å². The van der Waals surface area contributed by atoms with Gasteiger partial charge in [-0.2, -0.15) is 4.98 Å². The third kappa shape index (κ3) is 7.80. The van der Waals surface area contributed by atoms with Gasteiger partial charge < -0.3 is 30.9 Å². The van der Waals surface area contributed by atoms with E-state index in [1.807, 2.05) is 6.07 Å². The van der Waals surface area contributed by atoms with Crippen LogP contribution in [0.1, 0.15) is 39.6 Å². The molecule has 244 valence electrons. The highest BCUT2D eigenvalue weighted by Crippen LogP contribution is 2.39. The van der Waals surface area contributed by atoms with Gasteiger partial charge in [0.25, 0.3) is 23.6 Å². The van der Waals surface area contributed by atoms with Crippen LogP contribution in [0.5, 0.6) is 17.5 Å². The fraction of sp³-hybridized carbons (Fsp3) is 0.111. The Labute approximate surface area is 274 Å². The van der Waals surface area contributed by atoms with Crippen LogP contribution in [0.15, 0.2) is 103 Å². The summed E-state index contributed by atoms with van der Waals surface area (Å²) < 4.78 is 40.5.